The van der Waals surface area contributed by atoms with Gasteiger partial charge in [-0.2, -0.15) is 0 Å². The van der Waals surface area contributed by atoms with Crippen molar-refractivity contribution in [3.63, 3.8) is 0 Å². The van der Waals surface area contributed by atoms with Crippen molar-refractivity contribution < 1.29 is 9.53 Å². The smallest absolute Gasteiger partial charge is 0.339 e. The molecule has 3 rings (SSSR count). The molecule has 0 saturated carbocycles. The van der Waals surface area contributed by atoms with Crippen molar-refractivity contribution in [3.05, 3.63) is 76.3 Å². The molecule has 5 heteroatoms. The molecule has 0 saturated heterocycles. The zero-order valence-electron chi connectivity index (χ0n) is 14.5. The summed E-state index contributed by atoms with van der Waals surface area (Å²) in [7, 11) is 0. The van der Waals surface area contributed by atoms with Crippen LogP contribution in [0.5, 0.6) is 0 Å². The molecule has 2 aromatic heterocycles. The van der Waals surface area contributed by atoms with Crippen molar-refractivity contribution in [2.75, 3.05) is 0 Å². The van der Waals surface area contributed by atoms with E-state index in [1.807, 2.05) is 37.3 Å². The summed E-state index contributed by atoms with van der Waals surface area (Å²) in [6.45, 7) is 5.52. The van der Waals surface area contributed by atoms with Gasteiger partial charge in [0.2, 0.25) is 0 Å². The fourth-order valence-corrected chi connectivity index (χ4v) is 2.73. The topological polar surface area (TPSA) is 61.2 Å². The second-order valence-corrected chi connectivity index (χ2v) is 6.23. The van der Waals surface area contributed by atoms with Gasteiger partial charge < -0.3 is 9.30 Å². The number of esters is 1. The summed E-state index contributed by atoms with van der Waals surface area (Å²) in [5, 5.41) is 0.406. The molecule has 1 unspecified atom stereocenters. The van der Waals surface area contributed by atoms with E-state index in [4.69, 9.17) is 4.74 Å². The first-order valence-corrected chi connectivity index (χ1v) is 8.24. The molecule has 0 aliphatic heterocycles. The maximum atomic E-state index is 12.9. The molecular formula is C20H20N2O3. The van der Waals surface area contributed by atoms with Crippen LogP contribution in [-0.2, 0) is 4.74 Å². The van der Waals surface area contributed by atoms with Gasteiger partial charge in [0.1, 0.15) is 0 Å². The van der Waals surface area contributed by atoms with Gasteiger partial charge in [-0.05, 0) is 38.5 Å². The molecule has 0 bridgehead atoms. The highest BCUT2D eigenvalue weighted by Gasteiger charge is 2.15. The molecule has 0 amide bonds. The lowest BCUT2D eigenvalue weighted by Crippen LogP contribution is -2.24. The highest BCUT2D eigenvalue weighted by Crippen LogP contribution is 2.18. The summed E-state index contributed by atoms with van der Waals surface area (Å²) >= 11 is 0. The summed E-state index contributed by atoms with van der Waals surface area (Å²) in [6.07, 6.45) is 2.95. The van der Waals surface area contributed by atoms with Crippen molar-refractivity contribution in [1.82, 2.24) is 9.55 Å². The second-order valence-electron chi connectivity index (χ2n) is 6.23. The van der Waals surface area contributed by atoms with E-state index in [1.165, 1.54) is 6.20 Å². The number of nitrogens with zero attached hydrogens (tertiary/aromatic N) is 2. The van der Waals surface area contributed by atoms with Crippen LogP contribution in [0.25, 0.3) is 10.9 Å². The minimum atomic E-state index is -0.477. The molecule has 1 atom stereocenters. The second kappa shape index (κ2) is 6.89. The first-order valence-electron chi connectivity index (χ1n) is 8.24. The fourth-order valence-electron chi connectivity index (χ4n) is 2.73. The number of hydrogen-bond acceptors (Lipinski definition) is 4. The SMILES string of the molecule is CC(C)OC(=O)c1cnc2ccn(C(C)c3ccccc3)c(=O)c2c1. The highest BCUT2D eigenvalue weighted by molar-refractivity contribution is 5.93. The molecule has 25 heavy (non-hydrogen) atoms. The number of benzene rings is 1. The number of ether oxygens (including phenoxy) is 1. The molecule has 0 aliphatic rings. The van der Waals surface area contributed by atoms with Crippen molar-refractivity contribution in [2.45, 2.75) is 32.9 Å². The Morgan fingerprint density at radius 3 is 2.52 bits per heavy atom. The van der Waals surface area contributed by atoms with Crippen molar-refractivity contribution >= 4 is 16.9 Å². The van der Waals surface area contributed by atoms with Gasteiger partial charge in [0.05, 0.1) is 28.6 Å². The van der Waals surface area contributed by atoms with Crippen LogP contribution in [-0.4, -0.2) is 21.6 Å². The van der Waals surface area contributed by atoms with Crippen molar-refractivity contribution in [3.8, 4) is 0 Å². The number of pyridine rings is 2. The van der Waals surface area contributed by atoms with Gasteiger partial charge in [-0.1, -0.05) is 30.3 Å². The maximum absolute atomic E-state index is 12.9. The van der Waals surface area contributed by atoms with Gasteiger partial charge >= 0.3 is 5.97 Å². The van der Waals surface area contributed by atoms with E-state index >= 15 is 0 Å². The Hall–Kier alpha value is -2.95. The van der Waals surface area contributed by atoms with E-state index in [0.29, 0.717) is 10.9 Å². The zero-order chi connectivity index (χ0) is 18.0. The summed E-state index contributed by atoms with van der Waals surface area (Å²) in [5.41, 5.74) is 1.69. The Morgan fingerprint density at radius 1 is 1.12 bits per heavy atom. The van der Waals surface area contributed by atoms with E-state index < -0.39 is 5.97 Å². The summed E-state index contributed by atoms with van der Waals surface area (Å²) < 4.78 is 6.83. The summed E-state index contributed by atoms with van der Waals surface area (Å²) in [5.74, 6) is -0.477. The Bertz CT molecular complexity index is 962. The number of hydrogen-bond donors (Lipinski definition) is 0. The van der Waals surface area contributed by atoms with Gasteiger partial charge in [-0.3, -0.25) is 9.78 Å². The minimum absolute atomic E-state index is 0.121. The Labute approximate surface area is 145 Å². The first kappa shape index (κ1) is 16.9. The molecule has 5 nitrogen and oxygen atoms in total. The Morgan fingerprint density at radius 2 is 1.84 bits per heavy atom. The molecule has 0 fully saturated rings. The van der Waals surface area contributed by atoms with E-state index in [1.54, 1.807) is 36.7 Å². The molecule has 1 aromatic carbocycles. The summed E-state index contributed by atoms with van der Waals surface area (Å²) in [4.78, 5) is 29.2. The lowest BCUT2D eigenvalue weighted by atomic mass is 10.1. The zero-order valence-corrected chi connectivity index (χ0v) is 14.5. The Kier molecular flexibility index (Phi) is 4.65. The molecule has 0 N–H and O–H groups in total. The largest absolute Gasteiger partial charge is 0.459 e. The molecule has 0 spiro atoms. The van der Waals surface area contributed by atoms with E-state index in [9.17, 15) is 9.59 Å². The number of rotatable bonds is 4. The van der Waals surface area contributed by atoms with Gasteiger partial charge in [0.25, 0.3) is 5.56 Å². The predicted octanol–water partition coefficient (Wildman–Crippen LogP) is 3.57. The van der Waals surface area contributed by atoms with Crippen LogP contribution < -0.4 is 5.56 Å². The van der Waals surface area contributed by atoms with Crippen LogP contribution in [0.15, 0.2) is 59.7 Å². The van der Waals surface area contributed by atoms with Gasteiger partial charge in [0, 0.05) is 12.4 Å². The molecule has 2 heterocycles. The quantitative estimate of drug-likeness (QED) is 0.683. The minimum Gasteiger partial charge on any atom is -0.459 e. The van der Waals surface area contributed by atoms with Crippen LogP contribution in [0.3, 0.4) is 0 Å². The lowest BCUT2D eigenvalue weighted by molar-refractivity contribution is 0.0377. The highest BCUT2D eigenvalue weighted by atomic mass is 16.5. The molecular weight excluding hydrogens is 316 g/mol. The van der Waals surface area contributed by atoms with Crippen LogP contribution in [0.1, 0.15) is 42.7 Å². The number of aromatic nitrogens is 2. The van der Waals surface area contributed by atoms with Crippen LogP contribution in [0, 0.1) is 0 Å². The van der Waals surface area contributed by atoms with Crippen molar-refractivity contribution in [2.24, 2.45) is 0 Å². The number of carbonyl (C=O) groups is 1. The maximum Gasteiger partial charge on any atom is 0.339 e. The average molecular weight is 336 g/mol. The van der Waals surface area contributed by atoms with E-state index in [0.717, 1.165) is 5.56 Å². The molecule has 3 aromatic rings. The van der Waals surface area contributed by atoms with Gasteiger partial charge in [-0.25, -0.2) is 4.79 Å². The predicted molar refractivity (Wildman–Crippen MR) is 96.8 cm³/mol. The van der Waals surface area contributed by atoms with E-state index in [-0.39, 0.29) is 23.3 Å². The fraction of sp³-hybridized carbons (Fsp3) is 0.250. The molecule has 0 radical (unpaired) electrons. The molecule has 0 aliphatic carbocycles. The summed E-state index contributed by atoms with van der Waals surface area (Å²) in [6, 6.07) is 13.0. The average Bonchev–Trinajstić information content (AvgIpc) is 2.61. The third kappa shape index (κ3) is 3.45. The lowest BCUT2D eigenvalue weighted by Gasteiger charge is -2.16. The van der Waals surface area contributed by atoms with E-state index in [2.05, 4.69) is 4.98 Å². The van der Waals surface area contributed by atoms with Crippen LogP contribution in [0.4, 0.5) is 0 Å². The monoisotopic (exact) mass is 336 g/mol. The van der Waals surface area contributed by atoms with Crippen molar-refractivity contribution in [1.29, 1.82) is 0 Å². The normalized spacial score (nSPS) is 12.3. The standard InChI is InChI=1S/C20H20N2O3/c1-13(2)25-20(24)16-11-17-18(21-12-16)9-10-22(19(17)23)14(3)15-7-5-4-6-8-15/h4-14H,1-3H3. The van der Waals surface area contributed by atoms with Crippen LogP contribution in [0.2, 0.25) is 0 Å². The number of carbonyl (C=O) groups excluding carboxylic acids is 1. The first-order chi connectivity index (χ1) is 12.0. The Balaban J connectivity index is 2.06. The van der Waals surface area contributed by atoms with Gasteiger partial charge in [-0.15, -0.1) is 0 Å². The molecule has 128 valence electrons. The number of fused-ring (bicyclic) bond motifs is 1. The third-order valence-corrected chi connectivity index (χ3v) is 4.05. The third-order valence-electron chi connectivity index (χ3n) is 4.05. The van der Waals surface area contributed by atoms with Crippen LogP contribution >= 0.6 is 0 Å². The van der Waals surface area contributed by atoms with Gasteiger partial charge in [0.15, 0.2) is 0 Å².